The summed E-state index contributed by atoms with van der Waals surface area (Å²) in [6.07, 6.45) is 1.95. The van der Waals surface area contributed by atoms with Crippen LogP contribution in [0, 0.1) is 0 Å². The molecule has 170 valence electrons. The number of nitrogens with one attached hydrogen (secondary N) is 2. The summed E-state index contributed by atoms with van der Waals surface area (Å²) in [4.78, 5) is 29.0. The number of anilines is 1. The molecule has 3 aromatic carbocycles. The highest BCUT2D eigenvalue weighted by Crippen LogP contribution is 2.30. The minimum absolute atomic E-state index is 0.463. The molecule has 4 aromatic rings. The van der Waals surface area contributed by atoms with E-state index in [0.29, 0.717) is 10.7 Å². The lowest BCUT2D eigenvalue weighted by molar-refractivity contribution is -0.118. The molecule has 0 radical (unpaired) electrons. The van der Waals surface area contributed by atoms with E-state index in [-0.39, 0.29) is 0 Å². The summed E-state index contributed by atoms with van der Waals surface area (Å²) in [5.74, 6) is -0.983. The lowest BCUT2D eigenvalue weighted by atomic mass is 9.84. The van der Waals surface area contributed by atoms with Crippen LogP contribution < -0.4 is 10.6 Å². The van der Waals surface area contributed by atoms with Crippen molar-refractivity contribution in [1.82, 2.24) is 10.3 Å². The fourth-order valence-electron chi connectivity index (χ4n) is 3.89. The molecular formula is C27H22ClN3O3. The topological polar surface area (TPSA) is 91.3 Å². The first-order valence-corrected chi connectivity index (χ1v) is 11.0. The van der Waals surface area contributed by atoms with Crippen molar-refractivity contribution in [1.29, 1.82) is 0 Å². The molecule has 0 aliphatic carbocycles. The quantitative estimate of drug-likeness (QED) is 0.317. The van der Waals surface area contributed by atoms with Crippen molar-refractivity contribution >= 4 is 29.3 Å². The van der Waals surface area contributed by atoms with Crippen LogP contribution in [0.3, 0.4) is 0 Å². The molecule has 0 bridgehead atoms. The van der Waals surface area contributed by atoms with Crippen LogP contribution in [0.15, 0.2) is 103 Å². The summed E-state index contributed by atoms with van der Waals surface area (Å²) in [6.45, 7) is 0. The first kappa shape index (κ1) is 23.0. The van der Waals surface area contributed by atoms with Crippen LogP contribution in [-0.4, -0.2) is 28.1 Å². The smallest absolute Gasteiger partial charge is 0.405 e. The van der Waals surface area contributed by atoms with Crippen LogP contribution in [0.25, 0.3) is 11.1 Å². The second-order valence-electron chi connectivity index (χ2n) is 7.65. The molecule has 0 unspecified atom stereocenters. The van der Waals surface area contributed by atoms with Crippen molar-refractivity contribution < 1.29 is 14.7 Å². The molecular weight excluding hydrogens is 450 g/mol. The summed E-state index contributed by atoms with van der Waals surface area (Å²) in [5.41, 5.74) is 3.89. The standard InChI is InChI=1S/C27H22ClN3O3/c28-23-17-29-16-15-22(23)18-11-13-21(14-12-18)30-26(32)25(31-27(33)34)24(19-7-3-1-4-8-19)20-9-5-2-6-10-20/h1-17,24-25,31H,(H,30,32)(H,33,34)/t25-/m0/s1. The number of hydrogen-bond acceptors (Lipinski definition) is 3. The highest BCUT2D eigenvalue weighted by Gasteiger charge is 2.32. The summed E-state index contributed by atoms with van der Waals surface area (Å²) in [6, 6.07) is 26.7. The normalized spacial score (nSPS) is 11.6. The van der Waals surface area contributed by atoms with Gasteiger partial charge in [0.2, 0.25) is 5.91 Å². The monoisotopic (exact) mass is 471 g/mol. The van der Waals surface area contributed by atoms with Gasteiger partial charge in [0, 0.05) is 29.6 Å². The van der Waals surface area contributed by atoms with Crippen LogP contribution in [0.2, 0.25) is 5.02 Å². The fraction of sp³-hybridized carbons (Fsp3) is 0.0741. The Bertz CT molecular complexity index is 1230. The van der Waals surface area contributed by atoms with Gasteiger partial charge < -0.3 is 15.7 Å². The predicted octanol–water partition coefficient (Wildman–Crippen LogP) is 5.81. The van der Waals surface area contributed by atoms with E-state index < -0.39 is 24.0 Å². The first-order chi connectivity index (χ1) is 16.5. The number of halogens is 1. The van der Waals surface area contributed by atoms with Crippen molar-refractivity contribution in [2.45, 2.75) is 12.0 Å². The third kappa shape index (κ3) is 5.42. The molecule has 0 aliphatic rings. The summed E-state index contributed by atoms with van der Waals surface area (Å²) in [7, 11) is 0. The average molecular weight is 472 g/mol. The molecule has 1 atom stereocenters. The van der Waals surface area contributed by atoms with E-state index in [0.717, 1.165) is 22.3 Å². The van der Waals surface area contributed by atoms with Gasteiger partial charge in [-0.15, -0.1) is 0 Å². The summed E-state index contributed by atoms with van der Waals surface area (Å²) >= 11 is 6.23. The van der Waals surface area contributed by atoms with Crippen molar-refractivity contribution in [2.75, 3.05) is 5.32 Å². The maximum absolute atomic E-state index is 13.4. The number of benzene rings is 3. The highest BCUT2D eigenvalue weighted by molar-refractivity contribution is 6.33. The fourth-order valence-corrected chi connectivity index (χ4v) is 4.12. The number of carbonyl (C=O) groups is 2. The number of rotatable bonds is 7. The number of carbonyl (C=O) groups excluding carboxylic acids is 1. The van der Waals surface area contributed by atoms with E-state index in [1.165, 1.54) is 0 Å². The van der Waals surface area contributed by atoms with Gasteiger partial charge in [-0.1, -0.05) is 84.4 Å². The van der Waals surface area contributed by atoms with Gasteiger partial charge in [0.1, 0.15) is 6.04 Å². The molecule has 0 saturated carbocycles. The van der Waals surface area contributed by atoms with Gasteiger partial charge in [-0.25, -0.2) is 4.79 Å². The zero-order chi connectivity index (χ0) is 23.9. The van der Waals surface area contributed by atoms with E-state index >= 15 is 0 Å². The Kier molecular flexibility index (Phi) is 7.20. The van der Waals surface area contributed by atoms with Gasteiger partial charge in [0.15, 0.2) is 0 Å². The van der Waals surface area contributed by atoms with Crippen LogP contribution in [0.5, 0.6) is 0 Å². The van der Waals surface area contributed by atoms with Gasteiger partial charge in [0.25, 0.3) is 0 Å². The van der Waals surface area contributed by atoms with Crippen molar-refractivity contribution in [3.05, 3.63) is 120 Å². The van der Waals surface area contributed by atoms with E-state index in [1.54, 1.807) is 24.5 Å². The Balaban J connectivity index is 1.63. The number of pyridine rings is 1. The first-order valence-electron chi connectivity index (χ1n) is 10.6. The van der Waals surface area contributed by atoms with Gasteiger partial charge >= 0.3 is 6.09 Å². The third-order valence-electron chi connectivity index (χ3n) is 5.45. The molecule has 7 heteroatoms. The summed E-state index contributed by atoms with van der Waals surface area (Å²) < 4.78 is 0. The molecule has 0 fully saturated rings. The van der Waals surface area contributed by atoms with Crippen molar-refractivity contribution in [3.8, 4) is 11.1 Å². The molecule has 4 rings (SSSR count). The van der Waals surface area contributed by atoms with Gasteiger partial charge in [-0.05, 0) is 34.9 Å². The second-order valence-corrected chi connectivity index (χ2v) is 8.06. The minimum atomic E-state index is -1.28. The van der Waals surface area contributed by atoms with Crippen LogP contribution in [-0.2, 0) is 4.79 Å². The molecule has 6 nitrogen and oxygen atoms in total. The van der Waals surface area contributed by atoms with Crippen LogP contribution >= 0.6 is 11.6 Å². The van der Waals surface area contributed by atoms with Gasteiger partial charge in [-0.2, -0.15) is 0 Å². The molecule has 2 amide bonds. The lowest BCUT2D eigenvalue weighted by Crippen LogP contribution is -2.47. The van der Waals surface area contributed by atoms with E-state index in [2.05, 4.69) is 15.6 Å². The Labute approximate surface area is 202 Å². The van der Waals surface area contributed by atoms with Crippen LogP contribution in [0.4, 0.5) is 10.5 Å². The molecule has 0 saturated heterocycles. The number of hydrogen-bond donors (Lipinski definition) is 3. The second kappa shape index (κ2) is 10.6. The maximum atomic E-state index is 13.4. The van der Waals surface area contributed by atoms with E-state index in [9.17, 15) is 14.7 Å². The zero-order valence-corrected chi connectivity index (χ0v) is 18.8. The number of aromatic nitrogens is 1. The molecule has 0 spiro atoms. The molecule has 1 heterocycles. The lowest BCUT2D eigenvalue weighted by Gasteiger charge is -2.27. The molecule has 1 aromatic heterocycles. The Morgan fingerprint density at radius 2 is 1.41 bits per heavy atom. The Morgan fingerprint density at radius 3 is 1.94 bits per heavy atom. The largest absolute Gasteiger partial charge is 0.465 e. The van der Waals surface area contributed by atoms with Crippen molar-refractivity contribution in [2.24, 2.45) is 0 Å². The van der Waals surface area contributed by atoms with Crippen molar-refractivity contribution in [3.63, 3.8) is 0 Å². The van der Waals surface area contributed by atoms with E-state index in [1.807, 2.05) is 78.9 Å². The minimum Gasteiger partial charge on any atom is -0.465 e. The van der Waals surface area contributed by atoms with E-state index in [4.69, 9.17) is 11.6 Å². The molecule has 0 aliphatic heterocycles. The summed E-state index contributed by atoms with van der Waals surface area (Å²) in [5, 5.41) is 15.3. The molecule has 3 N–H and O–H groups in total. The average Bonchev–Trinajstić information content (AvgIpc) is 2.86. The predicted molar refractivity (Wildman–Crippen MR) is 133 cm³/mol. The third-order valence-corrected chi connectivity index (χ3v) is 5.75. The Morgan fingerprint density at radius 1 is 0.824 bits per heavy atom. The zero-order valence-electron chi connectivity index (χ0n) is 18.1. The van der Waals surface area contributed by atoms with Crippen LogP contribution in [0.1, 0.15) is 17.0 Å². The number of nitrogens with zero attached hydrogens (tertiary/aromatic N) is 1. The highest BCUT2D eigenvalue weighted by atomic mass is 35.5. The van der Waals surface area contributed by atoms with Gasteiger partial charge in [-0.3, -0.25) is 9.78 Å². The number of carboxylic acid groups (broad SMARTS) is 1. The number of amides is 2. The van der Waals surface area contributed by atoms with Gasteiger partial charge in [0.05, 0.1) is 5.02 Å². The Hall–Kier alpha value is -4.16. The maximum Gasteiger partial charge on any atom is 0.405 e. The SMILES string of the molecule is O=C(O)N[C@H](C(=O)Nc1ccc(-c2ccncc2Cl)cc1)C(c1ccccc1)c1ccccc1. The molecule has 34 heavy (non-hydrogen) atoms.